The molecule has 1 fully saturated rings. The van der Waals surface area contributed by atoms with Crippen molar-refractivity contribution in [3.8, 4) is 11.5 Å². The third kappa shape index (κ3) is 4.61. The van der Waals surface area contributed by atoms with Crippen LogP contribution < -0.4 is 9.47 Å². The monoisotopic (exact) mass is 368 g/mol. The fourth-order valence-corrected chi connectivity index (χ4v) is 3.68. The molecule has 1 amide bonds. The number of likely N-dealkylation sites (tertiary alicyclic amines) is 1. The minimum absolute atomic E-state index is 0.0561. The normalized spacial score (nSPS) is 16.9. The van der Waals surface area contributed by atoms with E-state index in [1.807, 2.05) is 43.4 Å². The van der Waals surface area contributed by atoms with E-state index in [1.165, 1.54) is 5.56 Å². The zero-order chi connectivity index (χ0) is 19.2. The van der Waals surface area contributed by atoms with Gasteiger partial charge in [0.1, 0.15) is 11.5 Å². The van der Waals surface area contributed by atoms with Crippen molar-refractivity contribution >= 4 is 5.91 Å². The fourth-order valence-electron chi connectivity index (χ4n) is 3.68. The molecule has 0 aliphatic carbocycles. The lowest BCUT2D eigenvalue weighted by molar-refractivity contribution is -0.135. The summed E-state index contributed by atoms with van der Waals surface area (Å²) in [6, 6.07) is 16.0. The van der Waals surface area contributed by atoms with E-state index >= 15 is 0 Å². The first kappa shape index (κ1) is 19.2. The van der Waals surface area contributed by atoms with Gasteiger partial charge in [-0.05, 0) is 37.1 Å². The van der Waals surface area contributed by atoms with Crippen molar-refractivity contribution in [1.82, 2.24) is 9.80 Å². The Hall–Kier alpha value is -2.53. The van der Waals surface area contributed by atoms with Gasteiger partial charge in [-0.15, -0.1) is 0 Å². The van der Waals surface area contributed by atoms with Crippen LogP contribution in [0.15, 0.2) is 48.5 Å². The predicted octanol–water partition coefficient (Wildman–Crippen LogP) is 3.33. The first-order chi connectivity index (χ1) is 13.1. The summed E-state index contributed by atoms with van der Waals surface area (Å²) in [5, 5.41) is 0. The number of nitrogens with zero attached hydrogens (tertiary/aromatic N) is 2. The molecule has 1 aliphatic rings. The third-order valence-corrected chi connectivity index (χ3v) is 5.16. The molecule has 0 radical (unpaired) electrons. The van der Waals surface area contributed by atoms with Crippen LogP contribution in [0.1, 0.15) is 24.0 Å². The van der Waals surface area contributed by atoms with Crippen molar-refractivity contribution in [3.63, 3.8) is 0 Å². The van der Waals surface area contributed by atoms with Gasteiger partial charge in [0.2, 0.25) is 5.91 Å². The topological polar surface area (TPSA) is 42.0 Å². The maximum Gasteiger partial charge on any atom is 0.239 e. The van der Waals surface area contributed by atoms with Crippen LogP contribution in [-0.2, 0) is 17.9 Å². The molecule has 1 heterocycles. The Morgan fingerprint density at radius 1 is 1.15 bits per heavy atom. The molecule has 0 aromatic heterocycles. The Kier molecular flexibility index (Phi) is 6.35. The quantitative estimate of drug-likeness (QED) is 0.752. The number of amides is 1. The molecule has 1 atom stereocenters. The van der Waals surface area contributed by atoms with Crippen LogP contribution in [0.3, 0.4) is 0 Å². The SMILES string of the molecule is COc1ccc(CN(C)C(=O)[C@@H]2CCCN2Cc2ccccc2)c(OC)c1. The summed E-state index contributed by atoms with van der Waals surface area (Å²) in [5.74, 6) is 1.65. The molecule has 0 saturated carbocycles. The number of methoxy groups -OCH3 is 2. The highest BCUT2D eigenvalue weighted by Gasteiger charge is 2.32. The van der Waals surface area contributed by atoms with Gasteiger partial charge in [-0.2, -0.15) is 0 Å². The minimum Gasteiger partial charge on any atom is -0.497 e. The second-order valence-electron chi connectivity index (χ2n) is 6.99. The Bertz CT molecular complexity index is 763. The van der Waals surface area contributed by atoms with Crippen LogP contribution >= 0.6 is 0 Å². The van der Waals surface area contributed by atoms with Gasteiger partial charge < -0.3 is 14.4 Å². The van der Waals surface area contributed by atoms with Gasteiger partial charge in [0, 0.05) is 31.8 Å². The lowest BCUT2D eigenvalue weighted by Crippen LogP contribution is -2.43. The van der Waals surface area contributed by atoms with Crippen LogP contribution in [0.5, 0.6) is 11.5 Å². The van der Waals surface area contributed by atoms with E-state index in [0.29, 0.717) is 6.54 Å². The first-order valence-corrected chi connectivity index (χ1v) is 9.36. The van der Waals surface area contributed by atoms with Gasteiger partial charge in [0.05, 0.1) is 20.3 Å². The predicted molar refractivity (Wildman–Crippen MR) is 106 cm³/mol. The molecule has 0 unspecified atom stereocenters. The molecule has 0 spiro atoms. The van der Waals surface area contributed by atoms with Crippen LogP contribution in [0.25, 0.3) is 0 Å². The van der Waals surface area contributed by atoms with Gasteiger partial charge in [0.25, 0.3) is 0 Å². The molecule has 144 valence electrons. The third-order valence-electron chi connectivity index (χ3n) is 5.16. The van der Waals surface area contributed by atoms with Gasteiger partial charge in [-0.3, -0.25) is 9.69 Å². The summed E-state index contributed by atoms with van der Waals surface area (Å²) < 4.78 is 10.7. The average Bonchev–Trinajstić information content (AvgIpc) is 3.16. The molecule has 3 rings (SSSR count). The molecule has 0 N–H and O–H groups in total. The Morgan fingerprint density at radius 2 is 1.93 bits per heavy atom. The number of rotatable bonds is 7. The molecule has 5 heteroatoms. The molecular formula is C22H28N2O3. The second kappa shape index (κ2) is 8.91. The number of carbonyl (C=O) groups excluding carboxylic acids is 1. The molecule has 2 aromatic rings. The molecule has 1 aliphatic heterocycles. The second-order valence-corrected chi connectivity index (χ2v) is 6.99. The largest absolute Gasteiger partial charge is 0.497 e. The number of likely N-dealkylation sites (N-methyl/N-ethyl adjacent to an activating group) is 1. The van der Waals surface area contributed by atoms with Crippen LogP contribution in [-0.4, -0.2) is 49.6 Å². The summed E-state index contributed by atoms with van der Waals surface area (Å²) >= 11 is 0. The molecule has 5 nitrogen and oxygen atoms in total. The first-order valence-electron chi connectivity index (χ1n) is 9.36. The summed E-state index contributed by atoms with van der Waals surface area (Å²) in [7, 11) is 5.13. The van der Waals surface area contributed by atoms with E-state index in [2.05, 4.69) is 17.0 Å². The molecule has 0 bridgehead atoms. The van der Waals surface area contributed by atoms with Crippen molar-refractivity contribution < 1.29 is 14.3 Å². The van der Waals surface area contributed by atoms with Crippen molar-refractivity contribution in [1.29, 1.82) is 0 Å². The maximum atomic E-state index is 13.1. The Labute approximate surface area is 161 Å². The molecular weight excluding hydrogens is 340 g/mol. The summed E-state index contributed by atoms with van der Waals surface area (Å²) in [5.41, 5.74) is 2.22. The smallest absolute Gasteiger partial charge is 0.239 e. The lowest BCUT2D eigenvalue weighted by Gasteiger charge is -2.28. The highest BCUT2D eigenvalue weighted by molar-refractivity contribution is 5.82. The highest BCUT2D eigenvalue weighted by Crippen LogP contribution is 2.27. The zero-order valence-electron chi connectivity index (χ0n) is 16.4. The van der Waals surface area contributed by atoms with Crippen LogP contribution in [0.4, 0.5) is 0 Å². The van der Waals surface area contributed by atoms with Crippen molar-refractivity contribution in [2.75, 3.05) is 27.8 Å². The Morgan fingerprint density at radius 3 is 2.63 bits per heavy atom. The van der Waals surface area contributed by atoms with E-state index in [1.54, 1.807) is 19.1 Å². The number of hydrogen-bond donors (Lipinski definition) is 0. The molecule has 1 saturated heterocycles. The average molecular weight is 368 g/mol. The van der Waals surface area contributed by atoms with Gasteiger partial charge >= 0.3 is 0 Å². The van der Waals surface area contributed by atoms with E-state index in [9.17, 15) is 4.79 Å². The van der Waals surface area contributed by atoms with Gasteiger partial charge in [-0.1, -0.05) is 30.3 Å². The van der Waals surface area contributed by atoms with E-state index in [4.69, 9.17) is 9.47 Å². The summed E-state index contributed by atoms with van der Waals surface area (Å²) in [6.45, 7) is 2.30. The molecule has 27 heavy (non-hydrogen) atoms. The van der Waals surface area contributed by atoms with Crippen molar-refractivity contribution in [2.45, 2.75) is 32.0 Å². The van der Waals surface area contributed by atoms with Crippen LogP contribution in [0.2, 0.25) is 0 Å². The van der Waals surface area contributed by atoms with Gasteiger partial charge in [0.15, 0.2) is 0 Å². The lowest BCUT2D eigenvalue weighted by atomic mass is 10.1. The van der Waals surface area contributed by atoms with Gasteiger partial charge in [-0.25, -0.2) is 0 Å². The van der Waals surface area contributed by atoms with E-state index < -0.39 is 0 Å². The van der Waals surface area contributed by atoms with E-state index in [0.717, 1.165) is 43.0 Å². The van der Waals surface area contributed by atoms with Crippen LogP contribution in [0, 0.1) is 0 Å². The number of benzene rings is 2. The van der Waals surface area contributed by atoms with E-state index in [-0.39, 0.29) is 11.9 Å². The Balaban J connectivity index is 1.67. The highest BCUT2D eigenvalue weighted by atomic mass is 16.5. The fraction of sp³-hybridized carbons (Fsp3) is 0.409. The number of carbonyl (C=O) groups is 1. The molecule has 2 aromatic carbocycles. The summed E-state index contributed by atoms with van der Waals surface area (Å²) in [6.07, 6.45) is 1.97. The minimum atomic E-state index is -0.0561. The zero-order valence-corrected chi connectivity index (χ0v) is 16.4. The number of ether oxygens (including phenoxy) is 2. The van der Waals surface area contributed by atoms with Crippen molar-refractivity contribution in [2.24, 2.45) is 0 Å². The standard InChI is InChI=1S/C22H28N2O3/c1-23(16-18-11-12-19(26-2)14-21(18)27-3)22(25)20-10-7-13-24(20)15-17-8-5-4-6-9-17/h4-6,8-9,11-12,14,20H,7,10,13,15-16H2,1-3H3/t20-/m0/s1. The summed E-state index contributed by atoms with van der Waals surface area (Å²) in [4.78, 5) is 17.2. The number of hydrogen-bond acceptors (Lipinski definition) is 4. The maximum absolute atomic E-state index is 13.1. The van der Waals surface area contributed by atoms with Crippen molar-refractivity contribution in [3.05, 3.63) is 59.7 Å².